The van der Waals surface area contributed by atoms with Gasteiger partial charge in [-0.3, -0.25) is 9.88 Å². The maximum Gasteiger partial charge on any atom is 0.251 e. The summed E-state index contributed by atoms with van der Waals surface area (Å²) in [4.78, 5) is 22.4. The number of rotatable bonds is 5. The van der Waals surface area contributed by atoms with Gasteiger partial charge in [-0.15, -0.1) is 0 Å². The van der Waals surface area contributed by atoms with Gasteiger partial charge in [0.05, 0.1) is 42.6 Å². The minimum Gasteiger partial charge on any atom is -0.474 e. The first-order chi connectivity index (χ1) is 17.5. The standard InChI is InChI=1S/C25H28F2N8O/c1-15-21(11-30-24-23(15)28-4-7-36-24)35-6-2-16-9-31-25(33-20(16)13-35)32-18-8-17-12-34(14-22(26)27)5-3-19(17)29-10-18/h8-11,22,28H,2-7,12-14H2,1H3,(H,31,32,33). The van der Waals surface area contributed by atoms with Crippen molar-refractivity contribution in [2.75, 3.05) is 48.3 Å². The van der Waals surface area contributed by atoms with Crippen molar-refractivity contribution in [1.82, 2.24) is 24.8 Å². The fraction of sp³-hybridized carbons (Fsp3) is 0.440. The molecule has 0 amide bonds. The molecular formula is C25H28F2N8O. The molecule has 3 aromatic heterocycles. The third kappa shape index (κ3) is 4.50. The number of hydrogen-bond acceptors (Lipinski definition) is 9. The van der Waals surface area contributed by atoms with E-state index in [1.807, 2.05) is 18.5 Å². The first kappa shape index (κ1) is 22.8. The minimum absolute atomic E-state index is 0.218. The van der Waals surface area contributed by atoms with Gasteiger partial charge < -0.3 is 20.3 Å². The van der Waals surface area contributed by atoms with Crippen LogP contribution in [0.1, 0.15) is 28.1 Å². The summed E-state index contributed by atoms with van der Waals surface area (Å²) < 4.78 is 31.3. The molecule has 0 saturated carbocycles. The van der Waals surface area contributed by atoms with Gasteiger partial charge in [-0.1, -0.05) is 0 Å². The second-order valence-electron chi connectivity index (χ2n) is 9.39. The molecule has 0 spiro atoms. The van der Waals surface area contributed by atoms with E-state index in [1.54, 1.807) is 11.1 Å². The third-order valence-corrected chi connectivity index (χ3v) is 6.98. The Hall–Kier alpha value is -3.60. The van der Waals surface area contributed by atoms with Gasteiger partial charge in [0.1, 0.15) is 12.3 Å². The lowest BCUT2D eigenvalue weighted by Crippen LogP contribution is -2.34. The van der Waals surface area contributed by atoms with Crippen LogP contribution in [0, 0.1) is 6.92 Å². The number of aromatic nitrogens is 4. The van der Waals surface area contributed by atoms with Crippen LogP contribution in [0.4, 0.5) is 31.8 Å². The van der Waals surface area contributed by atoms with Gasteiger partial charge in [-0.2, -0.15) is 0 Å². The zero-order valence-corrected chi connectivity index (χ0v) is 20.1. The van der Waals surface area contributed by atoms with Crippen molar-refractivity contribution >= 4 is 23.0 Å². The number of fused-ring (bicyclic) bond motifs is 3. The molecule has 0 atom stereocenters. The highest BCUT2D eigenvalue weighted by molar-refractivity contribution is 5.70. The molecule has 0 unspecified atom stereocenters. The Morgan fingerprint density at radius 2 is 1.97 bits per heavy atom. The monoisotopic (exact) mass is 494 g/mol. The van der Waals surface area contributed by atoms with Crippen LogP contribution in [0.15, 0.2) is 24.7 Å². The van der Waals surface area contributed by atoms with Crippen LogP contribution in [-0.2, 0) is 25.9 Å². The van der Waals surface area contributed by atoms with Crippen LogP contribution in [0.5, 0.6) is 5.88 Å². The zero-order chi connectivity index (χ0) is 24.6. The first-order valence-electron chi connectivity index (χ1n) is 12.2. The summed E-state index contributed by atoms with van der Waals surface area (Å²) >= 11 is 0. The van der Waals surface area contributed by atoms with Crippen LogP contribution in [-0.4, -0.2) is 64.0 Å². The second kappa shape index (κ2) is 9.45. The lowest BCUT2D eigenvalue weighted by molar-refractivity contribution is 0.0817. The van der Waals surface area contributed by atoms with Crippen molar-refractivity contribution < 1.29 is 13.5 Å². The minimum atomic E-state index is -2.34. The molecule has 3 aliphatic heterocycles. The van der Waals surface area contributed by atoms with Gasteiger partial charge in [0.2, 0.25) is 11.8 Å². The topological polar surface area (TPSA) is 91.3 Å². The van der Waals surface area contributed by atoms with Crippen LogP contribution in [0.3, 0.4) is 0 Å². The number of nitrogens with zero attached hydrogens (tertiary/aromatic N) is 6. The van der Waals surface area contributed by atoms with Gasteiger partial charge in [0.25, 0.3) is 6.43 Å². The Morgan fingerprint density at radius 1 is 1.06 bits per heavy atom. The number of pyridine rings is 2. The predicted octanol–water partition coefficient (Wildman–Crippen LogP) is 3.31. The van der Waals surface area contributed by atoms with E-state index in [4.69, 9.17) is 9.72 Å². The van der Waals surface area contributed by atoms with Gasteiger partial charge >= 0.3 is 0 Å². The summed E-state index contributed by atoms with van der Waals surface area (Å²) in [6.07, 6.45) is 4.69. The largest absolute Gasteiger partial charge is 0.474 e. The molecule has 2 N–H and O–H groups in total. The fourth-order valence-electron chi connectivity index (χ4n) is 5.13. The molecular weight excluding hydrogens is 466 g/mol. The van der Waals surface area contributed by atoms with Gasteiger partial charge in [-0.05, 0) is 30.5 Å². The third-order valence-electron chi connectivity index (χ3n) is 6.98. The lowest BCUT2D eigenvalue weighted by Gasteiger charge is -2.32. The summed E-state index contributed by atoms with van der Waals surface area (Å²) in [6.45, 7) is 5.84. The quantitative estimate of drug-likeness (QED) is 0.554. The first-order valence-corrected chi connectivity index (χ1v) is 12.2. The molecule has 0 aliphatic carbocycles. The summed E-state index contributed by atoms with van der Waals surface area (Å²) in [6, 6.07) is 1.96. The van der Waals surface area contributed by atoms with Crippen LogP contribution >= 0.6 is 0 Å². The maximum atomic E-state index is 12.8. The zero-order valence-electron chi connectivity index (χ0n) is 20.1. The van der Waals surface area contributed by atoms with Crippen molar-refractivity contribution in [2.24, 2.45) is 0 Å². The Kier molecular flexibility index (Phi) is 6.00. The van der Waals surface area contributed by atoms with Crippen molar-refractivity contribution in [3.63, 3.8) is 0 Å². The summed E-state index contributed by atoms with van der Waals surface area (Å²) in [5.41, 5.74) is 7.92. The predicted molar refractivity (Wildman–Crippen MR) is 132 cm³/mol. The molecule has 0 fully saturated rings. The second-order valence-corrected chi connectivity index (χ2v) is 9.39. The van der Waals surface area contributed by atoms with Crippen LogP contribution < -0.4 is 20.3 Å². The molecule has 11 heteroatoms. The molecule has 0 radical (unpaired) electrons. The number of ether oxygens (including phenoxy) is 1. The highest BCUT2D eigenvalue weighted by Gasteiger charge is 2.24. The SMILES string of the molecule is Cc1c(N2CCc3cnc(Nc4cnc5c(c4)CN(CC(F)F)CC5)nc3C2)cnc2c1NCCO2. The number of anilines is 4. The van der Waals surface area contributed by atoms with Crippen molar-refractivity contribution in [2.45, 2.75) is 39.3 Å². The highest BCUT2D eigenvalue weighted by Crippen LogP contribution is 2.36. The molecule has 36 heavy (non-hydrogen) atoms. The molecule has 0 saturated heterocycles. The highest BCUT2D eigenvalue weighted by atomic mass is 19.3. The molecule has 9 nitrogen and oxygen atoms in total. The number of nitrogens with one attached hydrogen (secondary N) is 2. The summed E-state index contributed by atoms with van der Waals surface area (Å²) in [5.74, 6) is 1.15. The van der Waals surface area contributed by atoms with E-state index in [0.717, 1.165) is 64.7 Å². The lowest BCUT2D eigenvalue weighted by atomic mass is 10.0. The molecule has 6 heterocycles. The molecule has 0 aromatic carbocycles. The van der Waals surface area contributed by atoms with Gasteiger partial charge in [0.15, 0.2) is 0 Å². The van der Waals surface area contributed by atoms with Gasteiger partial charge in [-0.25, -0.2) is 23.7 Å². The van der Waals surface area contributed by atoms with E-state index in [-0.39, 0.29) is 6.54 Å². The van der Waals surface area contributed by atoms with E-state index in [0.29, 0.717) is 44.5 Å². The average molecular weight is 495 g/mol. The molecule has 3 aliphatic rings. The fourth-order valence-corrected chi connectivity index (χ4v) is 5.13. The normalized spacial score (nSPS) is 17.1. The van der Waals surface area contributed by atoms with Crippen molar-refractivity contribution in [3.05, 3.63) is 52.7 Å². The van der Waals surface area contributed by atoms with E-state index >= 15 is 0 Å². The summed E-state index contributed by atoms with van der Waals surface area (Å²) in [5, 5.41) is 6.66. The van der Waals surface area contributed by atoms with Crippen molar-refractivity contribution in [1.29, 1.82) is 0 Å². The Labute approximate surface area is 207 Å². The number of hydrogen-bond donors (Lipinski definition) is 2. The Morgan fingerprint density at radius 3 is 2.86 bits per heavy atom. The van der Waals surface area contributed by atoms with E-state index in [9.17, 15) is 8.78 Å². The van der Waals surface area contributed by atoms with E-state index < -0.39 is 6.43 Å². The summed E-state index contributed by atoms with van der Waals surface area (Å²) in [7, 11) is 0. The molecule has 3 aromatic rings. The smallest absolute Gasteiger partial charge is 0.251 e. The molecule has 6 rings (SSSR count). The maximum absolute atomic E-state index is 12.8. The molecule has 188 valence electrons. The molecule has 0 bridgehead atoms. The number of alkyl halides is 2. The number of halogens is 2. The van der Waals surface area contributed by atoms with Gasteiger partial charge in [0, 0.05) is 50.1 Å². The van der Waals surface area contributed by atoms with E-state index in [2.05, 4.69) is 37.4 Å². The van der Waals surface area contributed by atoms with Crippen LogP contribution in [0.2, 0.25) is 0 Å². The van der Waals surface area contributed by atoms with Crippen LogP contribution in [0.25, 0.3) is 0 Å². The van der Waals surface area contributed by atoms with Crippen molar-refractivity contribution in [3.8, 4) is 5.88 Å². The van der Waals surface area contributed by atoms with E-state index in [1.165, 1.54) is 0 Å². The average Bonchev–Trinajstić information content (AvgIpc) is 2.88. The Balaban J connectivity index is 1.19. The Bertz CT molecular complexity index is 1290.